The zero-order valence-electron chi connectivity index (χ0n) is 30.6. The highest BCUT2D eigenvalue weighted by atomic mass is 32.1. The van der Waals surface area contributed by atoms with E-state index in [9.17, 15) is 70.2 Å². The van der Waals surface area contributed by atoms with E-state index in [4.69, 9.17) is 47.7 Å². The minimum Gasteiger partial charge on any atom is -0.394 e. The van der Waals surface area contributed by atoms with Gasteiger partial charge >= 0.3 is 47.4 Å². The van der Waals surface area contributed by atoms with Crippen molar-refractivity contribution in [2.24, 2.45) is 0 Å². The monoisotopic (exact) mass is 918 g/mol. The van der Waals surface area contributed by atoms with Crippen LogP contribution in [0.15, 0.2) is 0 Å². The lowest BCUT2D eigenvalue weighted by Gasteiger charge is -2.43. The highest BCUT2D eigenvalue weighted by molar-refractivity contribution is 7.80. The summed E-state index contributed by atoms with van der Waals surface area (Å²) in [5.41, 5.74) is 0. The molecule has 0 heterocycles. The number of aliphatic hydroxyl groups is 1. The van der Waals surface area contributed by atoms with Crippen LogP contribution in [0.3, 0.4) is 0 Å². The van der Waals surface area contributed by atoms with Crippen LogP contribution in [0.25, 0.3) is 0 Å². The fourth-order valence-corrected chi connectivity index (χ4v) is 3.88. The Hall–Kier alpha value is -1.21. The van der Waals surface area contributed by atoms with E-state index in [1.165, 1.54) is 0 Å². The van der Waals surface area contributed by atoms with Crippen LogP contribution in [0.4, 0.5) is 70.2 Å². The number of rotatable bonds is 39. The van der Waals surface area contributed by atoms with E-state index in [2.05, 4.69) is 17.4 Å². The van der Waals surface area contributed by atoms with Crippen LogP contribution in [-0.4, -0.2) is 197 Å². The molecule has 0 spiro atoms. The first-order valence-corrected chi connectivity index (χ1v) is 17.5. The van der Waals surface area contributed by atoms with Gasteiger partial charge in [0.05, 0.1) is 138 Å². The highest BCUT2D eigenvalue weighted by Gasteiger charge is 2.94. The van der Waals surface area contributed by atoms with E-state index in [0.717, 1.165) is 0 Å². The van der Waals surface area contributed by atoms with Gasteiger partial charge in [0, 0.05) is 0 Å². The summed E-state index contributed by atoms with van der Waals surface area (Å²) in [6, 6.07) is 0. The Morgan fingerprint density at radius 2 is 0.466 bits per heavy atom. The van der Waals surface area contributed by atoms with Gasteiger partial charge in [-0.05, 0) is 0 Å². The molecule has 1 N–H and O–H groups in total. The van der Waals surface area contributed by atoms with E-state index < -0.39 is 73.0 Å². The molecular weight excluding hydrogens is 872 g/mol. The van der Waals surface area contributed by atoms with Crippen molar-refractivity contribution < 1.29 is 123 Å². The first kappa shape index (κ1) is 56.8. The van der Waals surface area contributed by atoms with Gasteiger partial charge in [-0.2, -0.15) is 82.9 Å². The molecule has 28 heteroatoms. The van der Waals surface area contributed by atoms with Crippen LogP contribution < -0.4 is 0 Å². The fraction of sp³-hybridized carbons (Fsp3) is 1.00. The predicted molar refractivity (Wildman–Crippen MR) is 169 cm³/mol. The molecule has 0 amide bonds. The molecule has 0 rings (SSSR count). The minimum atomic E-state index is -8.49. The van der Waals surface area contributed by atoms with Crippen LogP contribution in [-0.2, 0) is 47.4 Å². The van der Waals surface area contributed by atoms with Gasteiger partial charge in [0.2, 0.25) is 0 Å². The van der Waals surface area contributed by atoms with Crippen molar-refractivity contribution in [3.63, 3.8) is 0 Å². The summed E-state index contributed by atoms with van der Waals surface area (Å²) in [4.78, 5) is 0. The number of hydrogen-bond acceptors (Lipinski definition) is 12. The Kier molecular flexibility index (Phi) is 26.4. The smallest absolute Gasteiger partial charge is 0.385 e. The maximum absolute atomic E-state index is 13.9. The molecule has 58 heavy (non-hydrogen) atoms. The number of thiol groups is 1. The van der Waals surface area contributed by atoms with Crippen LogP contribution in [0.2, 0.25) is 0 Å². The molecule has 11 nitrogen and oxygen atoms in total. The topological polar surface area (TPSA) is 113 Å². The van der Waals surface area contributed by atoms with Crippen molar-refractivity contribution >= 4 is 12.6 Å². The summed E-state index contributed by atoms with van der Waals surface area (Å²) in [6.45, 7) is -1.07. The molecule has 0 aliphatic heterocycles. The van der Waals surface area contributed by atoms with Gasteiger partial charge in [-0.1, -0.05) is 0 Å². The van der Waals surface area contributed by atoms with Gasteiger partial charge in [0.25, 0.3) is 0 Å². The van der Waals surface area contributed by atoms with Crippen molar-refractivity contribution in [2.45, 2.75) is 47.4 Å². The standard InChI is InChI=1S/C30H46F16O11S/c31-23(32,25(35,36)27(39,40)29(43,44)30(45,46)28(41,42)26(37,38)24(33,34)22-58)21-57-20-19-56-18-17-55-16-15-54-14-13-53-12-11-52-10-9-51-8-7-50-6-5-49-4-3-48-2-1-47/h47,58H,1-22H2. The Balaban J connectivity index is 4.13. The zero-order valence-corrected chi connectivity index (χ0v) is 31.5. The number of ether oxygens (including phenoxy) is 10. The van der Waals surface area contributed by atoms with Gasteiger partial charge in [-0.15, -0.1) is 0 Å². The average molecular weight is 919 g/mol. The average Bonchev–Trinajstić information content (AvgIpc) is 3.14. The van der Waals surface area contributed by atoms with Crippen LogP contribution in [0.1, 0.15) is 0 Å². The van der Waals surface area contributed by atoms with E-state index in [0.29, 0.717) is 59.5 Å². The summed E-state index contributed by atoms with van der Waals surface area (Å²) in [7, 11) is 0. The molecule has 350 valence electrons. The summed E-state index contributed by atoms with van der Waals surface area (Å²) in [5.74, 6) is -64.5. The Morgan fingerprint density at radius 3 is 0.690 bits per heavy atom. The fourth-order valence-electron chi connectivity index (χ4n) is 3.68. The van der Waals surface area contributed by atoms with Crippen LogP contribution in [0, 0.1) is 0 Å². The largest absolute Gasteiger partial charge is 0.394 e. The Morgan fingerprint density at radius 1 is 0.276 bits per heavy atom. The lowest BCUT2D eigenvalue weighted by atomic mass is 9.88. The molecule has 0 fully saturated rings. The van der Waals surface area contributed by atoms with Crippen LogP contribution in [0.5, 0.6) is 0 Å². The third-order valence-corrected chi connectivity index (χ3v) is 7.35. The van der Waals surface area contributed by atoms with E-state index in [1.807, 2.05) is 0 Å². The third-order valence-electron chi connectivity index (χ3n) is 6.96. The van der Waals surface area contributed by atoms with Gasteiger partial charge < -0.3 is 52.5 Å². The van der Waals surface area contributed by atoms with E-state index in [-0.39, 0.29) is 59.5 Å². The lowest BCUT2D eigenvalue weighted by molar-refractivity contribution is -0.453. The SMILES string of the molecule is OCCOCCOCCOCCOCCOCCOCCOCCOCCOCCOCC(F)(F)C(F)(F)C(F)(F)C(F)(F)C(F)(F)C(F)(F)C(F)(F)C(F)(F)CS. The summed E-state index contributed by atoms with van der Waals surface area (Å²) >= 11 is 2.44. The molecule has 0 radical (unpaired) electrons. The quantitative estimate of drug-likeness (QED) is 0.0485. The van der Waals surface area contributed by atoms with E-state index >= 15 is 0 Å². The second-order valence-electron chi connectivity index (χ2n) is 11.3. The molecule has 0 aromatic carbocycles. The number of halogens is 16. The molecule has 0 aliphatic rings. The molecular formula is C30H46F16O11S. The van der Waals surface area contributed by atoms with Crippen molar-refractivity contribution in [2.75, 3.05) is 144 Å². The molecule has 0 aromatic heterocycles. The van der Waals surface area contributed by atoms with Crippen LogP contribution >= 0.6 is 12.6 Å². The summed E-state index contributed by atoms with van der Waals surface area (Å²) in [6.07, 6.45) is 0. The van der Waals surface area contributed by atoms with Gasteiger partial charge in [-0.25, -0.2) is 0 Å². The van der Waals surface area contributed by atoms with Crippen molar-refractivity contribution in [1.29, 1.82) is 0 Å². The van der Waals surface area contributed by atoms with Crippen molar-refractivity contribution in [3.05, 3.63) is 0 Å². The molecule has 0 saturated heterocycles. The molecule has 0 unspecified atom stereocenters. The number of alkyl halides is 16. The molecule has 0 atom stereocenters. The van der Waals surface area contributed by atoms with E-state index in [1.54, 1.807) is 0 Å². The first-order chi connectivity index (χ1) is 26.9. The normalized spacial score (nSPS) is 14.2. The third kappa shape index (κ3) is 16.6. The van der Waals surface area contributed by atoms with Gasteiger partial charge in [0.1, 0.15) is 6.61 Å². The number of aliphatic hydroxyl groups excluding tert-OH is 1. The summed E-state index contributed by atoms with van der Waals surface area (Å²) < 4.78 is 270. The molecule has 0 aromatic rings. The predicted octanol–water partition coefficient (Wildman–Crippen LogP) is 5.16. The maximum Gasteiger partial charge on any atom is 0.385 e. The summed E-state index contributed by atoms with van der Waals surface area (Å²) in [5, 5.41) is 8.55. The van der Waals surface area contributed by atoms with Crippen molar-refractivity contribution in [1.82, 2.24) is 0 Å². The molecule has 0 aliphatic carbocycles. The van der Waals surface area contributed by atoms with Crippen molar-refractivity contribution in [3.8, 4) is 0 Å². The van der Waals surface area contributed by atoms with Gasteiger partial charge in [-0.3, -0.25) is 0 Å². The Labute approximate surface area is 327 Å². The lowest BCUT2D eigenvalue weighted by Crippen LogP contribution is -2.75. The van der Waals surface area contributed by atoms with Gasteiger partial charge in [0.15, 0.2) is 0 Å². The Bertz CT molecular complexity index is 1070. The second-order valence-corrected chi connectivity index (χ2v) is 11.6. The number of hydrogen-bond donors (Lipinski definition) is 2. The minimum absolute atomic E-state index is 0.0176. The first-order valence-electron chi connectivity index (χ1n) is 16.9. The second kappa shape index (κ2) is 27.0. The maximum atomic E-state index is 13.9. The zero-order chi connectivity index (χ0) is 44.6. The highest BCUT2D eigenvalue weighted by Crippen LogP contribution is 2.63. The molecule has 0 saturated carbocycles. The molecule has 0 bridgehead atoms.